The second kappa shape index (κ2) is 11.2. The molecule has 1 heterocycles. The molecule has 1 fully saturated rings. The van der Waals surface area contributed by atoms with E-state index in [1.165, 1.54) is 12.1 Å². The Balaban J connectivity index is 1.27. The number of piperazine rings is 1. The maximum Gasteiger partial charge on any atom is 0.227 e. The van der Waals surface area contributed by atoms with Crippen molar-refractivity contribution in [1.82, 2.24) is 4.90 Å². The van der Waals surface area contributed by atoms with Crippen LogP contribution in [0.1, 0.15) is 5.56 Å². The van der Waals surface area contributed by atoms with Crippen LogP contribution in [0.2, 0.25) is 0 Å². The van der Waals surface area contributed by atoms with Gasteiger partial charge < -0.3 is 23.5 Å². The lowest BCUT2D eigenvalue weighted by atomic mass is 10.1. The van der Waals surface area contributed by atoms with Gasteiger partial charge in [-0.3, -0.25) is 4.79 Å². The van der Waals surface area contributed by atoms with Gasteiger partial charge in [0.05, 0.1) is 37.6 Å². The Morgan fingerprint density at radius 1 is 0.912 bits per heavy atom. The van der Waals surface area contributed by atoms with Gasteiger partial charge in [0.2, 0.25) is 5.91 Å². The number of halogens is 1. The highest BCUT2D eigenvalue weighted by Crippen LogP contribution is 2.29. The Kier molecular flexibility index (Phi) is 7.80. The monoisotopic (exact) mass is 482 g/mol. The van der Waals surface area contributed by atoms with Crippen molar-refractivity contribution >= 4 is 23.6 Å². The third-order valence-electron chi connectivity index (χ3n) is 5.67. The van der Waals surface area contributed by atoms with Gasteiger partial charge in [-0.15, -0.1) is 0 Å². The van der Waals surface area contributed by atoms with Crippen LogP contribution in [0, 0.1) is 5.82 Å². The van der Waals surface area contributed by atoms with Gasteiger partial charge in [0.25, 0.3) is 0 Å². The van der Waals surface area contributed by atoms with Gasteiger partial charge in [0.15, 0.2) is 11.5 Å². The molecule has 1 saturated heterocycles. The number of benzene rings is 3. The Morgan fingerprint density at radius 3 is 2.32 bits per heavy atom. The van der Waals surface area contributed by atoms with Crippen LogP contribution < -0.4 is 18.6 Å². The molecule has 1 amide bonds. The highest BCUT2D eigenvalue weighted by Gasteiger charge is 2.22. The van der Waals surface area contributed by atoms with E-state index in [-0.39, 0.29) is 11.7 Å². The summed E-state index contributed by atoms with van der Waals surface area (Å²) in [5, 5.41) is 0. The van der Waals surface area contributed by atoms with E-state index in [2.05, 4.69) is 4.90 Å². The lowest BCUT2D eigenvalue weighted by Crippen LogP contribution is -2.49. The number of hydrogen-bond acceptors (Lipinski definition) is 6. The van der Waals surface area contributed by atoms with Gasteiger partial charge in [-0.1, -0.05) is 12.1 Å². The van der Waals surface area contributed by atoms with Gasteiger partial charge in [0.1, 0.15) is 11.6 Å². The largest absolute Gasteiger partial charge is 0.493 e. The number of amides is 1. The summed E-state index contributed by atoms with van der Waals surface area (Å²) in [4.78, 5) is 17.7. The Morgan fingerprint density at radius 2 is 1.65 bits per heavy atom. The quantitative estimate of drug-likeness (QED) is 0.429. The molecule has 34 heavy (non-hydrogen) atoms. The number of rotatable bonds is 8. The average molecular weight is 483 g/mol. The van der Waals surface area contributed by atoms with E-state index in [0.29, 0.717) is 41.7 Å². The molecule has 1 aliphatic heterocycles. The van der Waals surface area contributed by atoms with Gasteiger partial charge in [-0.25, -0.2) is 4.39 Å². The van der Waals surface area contributed by atoms with Crippen molar-refractivity contribution in [2.24, 2.45) is 0 Å². The average Bonchev–Trinajstić information content (AvgIpc) is 2.88. The summed E-state index contributed by atoms with van der Waals surface area (Å²) in [5.74, 6) is 1.78. The van der Waals surface area contributed by atoms with Crippen molar-refractivity contribution in [3.8, 4) is 17.2 Å². The fourth-order valence-corrected chi connectivity index (χ4v) is 4.42. The van der Waals surface area contributed by atoms with Crippen LogP contribution in [0.25, 0.3) is 0 Å². The lowest BCUT2D eigenvalue weighted by Gasteiger charge is -2.36. The summed E-state index contributed by atoms with van der Waals surface area (Å²) in [5.41, 5.74) is 1.98. The van der Waals surface area contributed by atoms with Crippen molar-refractivity contribution in [3.63, 3.8) is 0 Å². The highest BCUT2D eigenvalue weighted by molar-refractivity contribution is 7.95. The Bertz CT molecular complexity index is 1120. The summed E-state index contributed by atoms with van der Waals surface area (Å²) >= 11 is 1.12. The molecule has 6 nitrogen and oxygen atoms in total. The number of carbonyl (C=O) groups is 1. The Hall–Kier alpha value is -3.39. The van der Waals surface area contributed by atoms with Crippen molar-refractivity contribution in [2.45, 2.75) is 11.3 Å². The van der Waals surface area contributed by atoms with Gasteiger partial charge in [-0.2, -0.15) is 0 Å². The zero-order chi connectivity index (χ0) is 23.9. The molecule has 0 radical (unpaired) electrons. The predicted molar refractivity (Wildman–Crippen MR) is 131 cm³/mol. The molecular weight excluding hydrogens is 455 g/mol. The topological polar surface area (TPSA) is 51.2 Å². The normalized spacial score (nSPS) is 13.5. The molecule has 0 aromatic heterocycles. The van der Waals surface area contributed by atoms with Crippen LogP contribution in [0.4, 0.5) is 10.1 Å². The predicted octanol–water partition coefficient (Wildman–Crippen LogP) is 4.82. The number of carbonyl (C=O) groups excluding carboxylic acids is 1. The minimum absolute atomic E-state index is 0.102. The number of methoxy groups -OCH3 is 2. The summed E-state index contributed by atoms with van der Waals surface area (Å²) < 4.78 is 29.6. The van der Waals surface area contributed by atoms with Crippen LogP contribution in [0.15, 0.2) is 71.6 Å². The molecule has 8 heteroatoms. The van der Waals surface area contributed by atoms with Crippen LogP contribution in [0.5, 0.6) is 17.2 Å². The molecule has 0 aliphatic carbocycles. The summed E-state index contributed by atoms with van der Waals surface area (Å²) in [7, 11) is 3.18. The number of anilines is 1. The molecule has 0 spiro atoms. The molecule has 3 aromatic carbocycles. The van der Waals surface area contributed by atoms with Gasteiger partial charge in [-0.05, 0) is 60.2 Å². The van der Waals surface area contributed by atoms with E-state index in [1.807, 2.05) is 47.4 Å². The first-order valence-electron chi connectivity index (χ1n) is 11.0. The first-order chi connectivity index (χ1) is 16.6. The number of ether oxygens (including phenoxy) is 2. The fourth-order valence-electron chi connectivity index (χ4n) is 3.82. The number of hydrogen-bond donors (Lipinski definition) is 0. The zero-order valence-electron chi connectivity index (χ0n) is 19.2. The summed E-state index contributed by atoms with van der Waals surface area (Å²) in [6, 6.07) is 19.7. The van der Waals surface area contributed by atoms with Crippen LogP contribution in [-0.4, -0.2) is 51.2 Å². The van der Waals surface area contributed by atoms with Crippen molar-refractivity contribution in [2.75, 3.05) is 45.3 Å². The number of nitrogens with zero attached hydrogens (tertiary/aromatic N) is 2. The minimum atomic E-state index is -0.287. The summed E-state index contributed by atoms with van der Waals surface area (Å²) in [6.45, 7) is 2.85. The second-order valence-corrected chi connectivity index (χ2v) is 8.66. The zero-order valence-corrected chi connectivity index (χ0v) is 20.0. The molecule has 178 valence electrons. The molecule has 0 unspecified atom stereocenters. The standard InChI is InChI=1S/C26H27FN2O4S/c1-31-24-11-6-19(16-25(24)32-2)17-26(30)29-14-12-28(13-15-29)21-7-9-22(10-8-21)33-34-23-5-3-4-20(27)18-23/h3-11,16,18H,12-15,17H2,1-2H3. The third-order valence-corrected chi connectivity index (χ3v) is 6.39. The van der Waals surface area contributed by atoms with Gasteiger partial charge in [0, 0.05) is 31.9 Å². The molecule has 0 bridgehead atoms. The highest BCUT2D eigenvalue weighted by atomic mass is 32.2. The minimum Gasteiger partial charge on any atom is -0.493 e. The Labute approximate surface area is 203 Å². The molecule has 4 rings (SSSR count). The lowest BCUT2D eigenvalue weighted by molar-refractivity contribution is -0.130. The first-order valence-corrected chi connectivity index (χ1v) is 11.7. The SMILES string of the molecule is COc1ccc(CC(=O)N2CCN(c3ccc(OSc4cccc(F)c4)cc3)CC2)cc1OC. The summed E-state index contributed by atoms with van der Waals surface area (Å²) in [6.07, 6.45) is 0.329. The first kappa shape index (κ1) is 23.8. The molecule has 0 atom stereocenters. The van der Waals surface area contributed by atoms with Crippen LogP contribution >= 0.6 is 12.0 Å². The molecule has 3 aromatic rings. The molecule has 1 aliphatic rings. The molecule has 0 N–H and O–H groups in total. The third kappa shape index (κ3) is 5.94. The van der Waals surface area contributed by atoms with Crippen LogP contribution in [-0.2, 0) is 11.2 Å². The smallest absolute Gasteiger partial charge is 0.227 e. The van der Waals surface area contributed by atoms with Crippen molar-refractivity contribution < 1.29 is 22.8 Å². The van der Waals surface area contributed by atoms with E-state index in [0.717, 1.165) is 36.4 Å². The van der Waals surface area contributed by atoms with Crippen molar-refractivity contribution in [3.05, 3.63) is 78.1 Å². The second-order valence-electron chi connectivity index (χ2n) is 7.85. The maximum absolute atomic E-state index is 13.3. The van der Waals surface area contributed by atoms with E-state index < -0.39 is 0 Å². The van der Waals surface area contributed by atoms with Crippen molar-refractivity contribution in [1.29, 1.82) is 0 Å². The fraction of sp³-hybridized carbons (Fsp3) is 0.269. The van der Waals surface area contributed by atoms with E-state index >= 15 is 0 Å². The van der Waals surface area contributed by atoms with E-state index in [1.54, 1.807) is 26.4 Å². The van der Waals surface area contributed by atoms with Gasteiger partial charge >= 0.3 is 0 Å². The maximum atomic E-state index is 13.3. The molecule has 0 saturated carbocycles. The van der Waals surface area contributed by atoms with Crippen LogP contribution in [0.3, 0.4) is 0 Å². The van der Waals surface area contributed by atoms with E-state index in [4.69, 9.17) is 13.7 Å². The molecular formula is C26H27FN2O4S. The van der Waals surface area contributed by atoms with E-state index in [9.17, 15) is 9.18 Å².